The molecule has 2 aromatic carbocycles. The summed E-state index contributed by atoms with van der Waals surface area (Å²) in [7, 11) is -5.96. The first-order valence-electron chi connectivity index (χ1n) is 5.25. The Morgan fingerprint density at radius 3 is 2.25 bits per heavy atom. The summed E-state index contributed by atoms with van der Waals surface area (Å²) in [4.78, 5) is 11.6. The topological polar surface area (TPSA) is 60.4 Å². The van der Waals surface area contributed by atoms with Crippen LogP contribution in [0, 0.1) is 0 Å². The van der Waals surface area contributed by atoms with Gasteiger partial charge in [-0.2, -0.15) is 21.6 Å². The molecular formula is C12H7F3O4S. The highest BCUT2D eigenvalue weighted by molar-refractivity contribution is 7.88. The van der Waals surface area contributed by atoms with E-state index < -0.39 is 21.6 Å². The van der Waals surface area contributed by atoms with Crippen LogP contribution in [0.1, 0.15) is 10.4 Å². The normalized spacial score (nSPS) is 12.3. The first-order valence-corrected chi connectivity index (χ1v) is 6.66. The van der Waals surface area contributed by atoms with E-state index in [9.17, 15) is 26.4 Å². The van der Waals surface area contributed by atoms with Crippen molar-refractivity contribution in [3.63, 3.8) is 0 Å². The van der Waals surface area contributed by atoms with Crippen LogP contribution in [0.25, 0.3) is 10.8 Å². The number of carbonyl (C=O) groups excluding carboxylic acids is 1. The monoisotopic (exact) mass is 304 g/mol. The van der Waals surface area contributed by atoms with E-state index in [1.807, 2.05) is 0 Å². The van der Waals surface area contributed by atoms with Crippen molar-refractivity contribution in [1.29, 1.82) is 0 Å². The molecular weight excluding hydrogens is 297 g/mol. The summed E-state index contributed by atoms with van der Waals surface area (Å²) in [5.41, 5.74) is -5.90. The van der Waals surface area contributed by atoms with Crippen LogP contribution >= 0.6 is 0 Å². The van der Waals surface area contributed by atoms with Gasteiger partial charge in [-0.1, -0.05) is 36.4 Å². The van der Waals surface area contributed by atoms with Crippen LogP contribution in [0.5, 0.6) is 0 Å². The Morgan fingerprint density at radius 2 is 1.60 bits per heavy atom. The van der Waals surface area contributed by atoms with Gasteiger partial charge in [0.25, 0.3) is 0 Å². The SMILES string of the molecule is O=C(OS(=O)(=O)C(F)(F)F)c1cccc2ccccc12. The molecule has 0 N–H and O–H groups in total. The fourth-order valence-corrected chi connectivity index (χ4v) is 1.98. The highest BCUT2D eigenvalue weighted by Crippen LogP contribution is 2.27. The lowest BCUT2D eigenvalue weighted by molar-refractivity contribution is -0.0525. The molecule has 0 saturated heterocycles. The number of rotatable bonds is 2. The van der Waals surface area contributed by atoms with Gasteiger partial charge in [0.2, 0.25) is 0 Å². The van der Waals surface area contributed by atoms with E-state index in [-0.39, 0.29) is 5.56 Å². The molecule has 0 fully saturated rings. The highest BCUT2D eigenvalue weighted by Gasteiger charge is 2.49. The molecule has 20 heavy (non-hydrogen) atoms. The van der Waals surface area contributed by atoms with Crippen molar-refractivity contribution in [2.45, 2.75) is 5.51 Å². The number of halogens is 3. The van der Waals surface area contributed by atoms with Crippen molar-refractivity contribution in [2.24, 2.45) is 0 Å². The van der Waals surface area contributed by atoms with Crippen LogP contribution in [-0.4, -0.2) is 19.9 Å². The van der Waals surface area contributed by atoms with Crippen LogP contribution in [0.15, 0.2) is 42.5 Å². The second-order valence-electron chi connectivity index (χ2n) is 3.80. The minimum atomic E-state index is -5.96. The zero-order chi connectivity index (χ0) is 15.0. The van der Waals surface area contributed by atoms with E-state index in [4.69, 9.17) is 0 Å². The third-order valence-electron chi connectivity index (χ3n) is 2.48. The molecule has 0 radical (unpaired) electrons. The average molecular weight is 304 g/mol. The van der Waals surface area contributed by atoms with Crippen molar-refractivity contribution in [2.75, 3.05) is 0 Å². The number of carbonyl (C=O) groups is 1. The van der Waals surface area contributed by atoms with Crippen molar-refractivity contribution < 1.29 is 30.6 Å². The van der Waals surface area contributed by atoms with Gasteiger partial charge in [-0.3, -0.25) is 0 Å². The van der Waals surface area contributed by atoms with E-state index in [0.29, 0.717) is 10.8 Å². The van der Waals surface area contributed by atoms with Gasteiger partial charge in [-0.15, -0.1) is 0 Å². The Morgan fingerprint density at radius 1 is 1.00 bits per heavy atom. The molecule has 4 nitrogen and oxygen atoms in total. The molecule has 2 aromatic rings. The zero-order valence-corrected chi connectivity index (χ0v) is 10.5. The molecule has 0 spiro atoms. The largest absolute Gasteiger partial charge is 0.534 e. The number of hydrogen-bond donors (Lipinski definition) is 0. The lowest BCUT2D eigenvalue weighted by atomic mass is 10.1. The molecule has 0 atom stereocenters. The minimum absolute atomic E-state index is 0.254. The van der Waals surface area contributed by atoms with Gasteiger partial charge in [0.15, 0.2) is 0 Å². The number of fused-ring (bicyclic) bond motifs is 1. The third-order valence-corrected chi connectivity index (χ3v) is 3.42. The molecule has 0 aromatic heterocycles. The summed E-state index contributed by atoms with van der Waals surface area (Å²) in [6.45, 7) is 0. The van der Waals surface area contributed by atoms with E-state index in [2.05, 4.69) is 4.18 Å². The van der Waals surface area contributed by atoms with Crippen LogP contribution < -0.4 is 0 Å². The minimum Gasteiger partial charge on any atom is -0.335 e. The maximum atomic E-state index is 12.2. The van der Waals surface area contributed by atoms with Crippen LogP contribution in [0.3, 0.4) is 0 Å². The third kappa shape index (κ3) is 2.60. The van der Waals surface area contributed by atoms with E-state index in [1.54, 1.807) is 24.3 Å². The molecule has 8 heteroatoms. The summed E-state index contributed by atoms with van der Waals surface area (Å²) in [6, 6.07) is 10.6. The fourth-order valence-electron chi connectivity index (χ4n) is 1.60. The summed E-state index contributed by atoms with van der Waals surface area (Å²) in [6.07, 6.45) is 0. The van der Waals surface area contributed by atoms with Gasteiger partial charge in [0.05, 0.1) is 5.56 Å². The lowest BCUT2D eigenvalue weighted by Gasteiger charge is -2.09. The highest BCUT2D eigenvalue weighted by atomic mass is 32.2. The summed E-state index contributed by atoms with van der Waals surface area (Å²) < 4.78 is 61.7. The Bertz CT molecular complexity index is 760. The van der Waals surface area contributed by atoms with Gasteiger partial charge in [-0.05, 0) is 16.8 Å². The van der Waals surface area contributed by atoms with Gasteiger partial charge in [0.1, 0.15) is 0 Å². The van der Waals surface area contributed by atoms with Crippen molar-refractivity contribution in [1.82, 2.24) is 0 Å². The van der Waals surface area contributed by atoms with E-state index in [1.165, 1.54) is 18.2 Å². The Balaban J connectivity index is 2.43. The van der Waals surface area contributed by atoms with Crippen LogP contribution in [0.4, 0.5) is 13.2 Å². The average Bonchev–Trinajstić information content (AvgIpc) is 2.36. The molecule has 0 aliphatic rings. The maximum Gasteiger partial charge on any atom is 0.534 e. The standard InChI is InChI=1S/C12H7F3O4S/c13-12(14,15)20(17,18)19-11(16)10-7-3-5-8-4-1-2-6-9(8)10/h1-7H. The zero-order valence-electron chi connectivity index (χ0n) is 9.72. The fraction of sp³-hybridized carbons (Fsp3) is 0.0833. The molecule has 0 saturated carbocycles. The Kier molecular flexibility index (Phi) is 3.43. The van der Waals surface area contributed by atoms with Gasteiger partial charge < -0.3 is 4.18 Å². The second-order valence-corrected chi connectivity index (χ2v) is 5.34. The van der Waals surface area contributed by atoms with Gasteiger partial charge >= 0.3 is 21.6 Å². The van der Waals surface area contributed by atoms with Gasteiger partial charge in [0, 0.05) is 0 Å². The summed E-state index contributed by atoms with van der Waals surface area (Å²) in [5.74, 6) is -1.57. The van der Waals surface area contributed by atoms with E-state index >= 15 is 0 Å². The summed E-state index contributed by atoms with van der Waals surface area (Å²) in [5, 5.41) is 0.878. The van der Waals surface area contributed by atoms with Crippen molar-refractivity contribution in [3.05, 3.63) is 48.0 Å². The molecule has 106 valence electrons. The molecule has 0 aliphatic heterocycles. The molecule has 0 bridgehead atoms. The predicted molar refractivity (Wildman–Crippen MR) is 64.3 cm³/mol. The smallest absolute Gasteiger partial charge is 0.335 e. The van der Waals surface area contributed by atoms with Crippen molar-refractivity contribution >= 4 is 26.9 Å². The quantitative estimate of drug-likeness (QED) is 0.632. The first kappa shape index (κ1) is 14.3. The second kappa shape index (κ2) is 4.78. The molecule has 2 rings (SSSR count). The first-order chi connectivity index (χ1) is 9.22. The van der Waals surface area contributed by atoms with Crippen molar-refractivity contribution in [3.8, 4) is 0 Å². The molecule has 0 amide bonds. The maximum absolute atomic E-state index is 12.2. The number of hydrogen-bond acceptors (Lipinski definition) is 4. The predicted octanol–water partition coefficient (Wildman–Crippen LogP) is 2.85. The van der Waals surface area contributed by atoms with Crippen LogP contribution in [-0.2, 0) is 14.3 Å². The molecule has 0 aliphatic carbocycles. The molecule has 0 heterocycles. The van der Waals surface area contributed by atoms with E-state index in [0.717, 1.165) is 0 Å². The summed E-state index contributed by atoms with van der Waals surface area (Å²) >= 11 is 0. The number of alkyl halides is 3. The van der Waals surface area contributed by atoms with Crippen LogP contribution in [0.2, 0.25) is 0 Å². The number of benzene rings is 2. The Hall–Kier alpha value is -2.09. The Labute approximate surface area is 111 Å². The lowest BCUT2D eigenvalue weighted by Crippen LogP contribution is -2.28. The van der Waals surface area contributed by atoms with Gasteiger partial charge in [-0.25, -0.2) is 4.79 Å². The molecule has 0 unspecified atom stereocenters.